The van der Waals surface area contributed by atoms with E-state index in [2.05, 4.69) is 10.2 Å². The van der Waals surface area contributed by atoms with Crippen molar-refractivity contribution in [2.75, 3.05) is 57.4 Å². The lowest BCUT2D eigenvalue weighted by Crippen LogP contribution is -2.47. The summed E-state index contributed by atoms with van der Waals surface area (Å²) in [6.45, 7) is 3.65. The monoisotopic (exact) mass is 628 g/mol. The number of aliphatic hydroxyl groups is 1. The first kappa shape index (κ1) is 30.0. The number of benzene rings is 2. The van der Waals surface area contributed by atoms with Crippen LogP contribution in [0.3, 0.4) is 0 Å². The molecule has 1 saturated carbocycles. The normalized spacial score (nSPS) is 19.1. The Morgan fingerprint density at radius 3 is 2.51 bits per heavy atom. The molecule has 1 aromatic heterocycles. The number of carbonyl (C=O) groups is 1. The Kier molecular flexibility index (Phi) is 9.37. The lowest BCUT2D eigenvalue weighted by atomic mass is 10.1. The molecule has 2 heterocycles. The zero-order chi connectivity index (χ0) is 29.3. The van der Waals surface area contributed by atoms with Gasteiger partial charge < -0.3 is 24.6 Å². The minimum absolute atomic E-state index is 0.0100. The van der Waals surface area contributed by atoms with E-state index in [1.165, 1.54) is 16.8 Å². The fourth-order valence-electron chi connectivity index (χ4n) is 5.08. The second kappa shape index (κ2) is 12.8. The van der Waals surface area contributed by atoms with Gasteiger partial charge in [-0.2, -0.15) is 0 Å². The molecule has 1 aliphatic carbocycles. The summed E-state index contributed by atoms with van der Waals surface area (Å²) in [6, 6.07) is 5.29. The number of pyridine rings is 1. The first-order chi connectivity index (χ1) is 19.7. The van der Waals surface area contributed by atoms with Crippen LogP contribution < -0.4 is 15.6 Å². The summed E-state index contributed by atoms with van der Waals surface area (Å²) in [6.07, 6.45) is 0.330. The molecular weight excluding hydrogens is 601 g/mol. The van der Waals surface area contributed by atoms with E-state index in [0.717, 1.165) is 6.07 Å². The van der Waals surface area contributed by atoms with E-state index in [9.17, 15) is 14.0 Å². The van der Waals surface area contributed by atoms with Crippen molar-refractivity contribution in [3.63, 3.8) is 0 Å². The largest absolute Gasteiger partial charge is 0.394 e. The maximum atomic E-state index is 15.6. The van der Waals surface area contributed by atoms with Crippen molar-refractivity contribution in [2.45, 2.75) is 25.2 Å². The molecule has 2 fully saturated rings. The van der Waals surface area contributed by atoms with Crippen LogP contribution in [-0.2, 0) is 11.3 Å². The van der Waals surface area contributed by atoms with Gasteiger partial charge in [0, 0.05) is 61.9 Å². The SMILES string of the molecule is O=C(NCc1ccc(Cl)cc1Cl)c1cn([C@H]2C[C@H]2F)c2c(Cl)c(N3CCN(CCOCCO)CC3)c(F)cc2c1=O. The van der Waals surface area contributed by atoms with Crippen molar-refractivity contribution < 1.29 is 23.4 Å². The highest BCUT2D eigenvalue weighted by Crippen LogP contribution is 2.44. The topological polar surface area (TPSA) is 87.0 Å². The number of anilines is 1. The molecule has 2 aliphatic rings. The Bertz CT molecular complexity index is 1510. The van der Waals surface area contributed by atoms with Crippen molar-refractivity contribution in [2.24, 2.45) is 0 Å². The Labute approximate surface area is 250 Å². The number of amides is 1. The molecule has 13 heteroatoms. The van der Waals surface area contributed by atoms with Crippen LogP contribution in [0.4, 0.5) is 14.5 Å². The first-order valence-corrected chi connectivity index (χ1v) is 14.4. The number of aliphatic hydroxyl groups excluding tert-OH is 1. The van der Waals surface area contributed by atoms with Crippen LogP contribution in [0.15, 0.2) is 35.3 Å². The summed E-state index contributed by atoms with van der Waals surface area (Å²) >= 11 is 18.9. The number of aromatic nitrogens is 1. The molecule has 1 amide bonds. The molecule has 2 atom stereocenters. The number of nitrogens with one attached hydrogen (secondary N) is 1. The number of halogens is 5. The molecule has 2 aromatic carbocycles. The van der Waals surface area contributed by atoms with Crippen LogP contribution >= 0.6 is 34.8 Å². The van der Waals surface area contributed by atoms with E-state index < -0.39 is 29.4 Å². The fraction of sp³-hybridized carbons (Fsp3) is 0.429. The summed E-state index contributed by atoms with van der Waals surface area (Å²) < 4.78 is 36.8. The molecule has 0 bridgehead atoms. The second-order valence-electron chi connectivity index (χ2n) is 10.1. The lowest BCUT2D eigenvalue weighted by molar-refractivity contribution is 0.0724. The predicted molar refractivity (Wildman–Crippen MR) is 156 cm³/mol. The van der Waals surface area contributed by atoms with E-state index >= 15 is 4.39 Å². The number of carbonyl (C=O) groups excluding carboxylic acids is 1. The van der Waals surface area contributed by atoms with Crippen molar-refractivity contribution in [1.29, 1.82) is 0 Å². The number of nitrogens with zero attached hydrogens (tertiary/aromatic N) is 3. The van der Waals surface area contributed by atoms with Gasteiger partial charge in [0.1, 0.15) is 17.6 Å². The lowest BCUT2D eigenvalue weighted by Gasteiger charge is -2.36. The standard InChI is InChI=1S/C28H29Cl3F2N4O4/c29-17-2-1-16(20(30)11-17)14-34-28(40)19-15-37(23-13-21(23)32)25-18(27(19)39)12-22(33)26(24(25)31)36-5-3-35(4-6-36)7-9-41-10-8-38/h1-2,11-12,15,21,23,38H,3-10,13-14H2,(H,34,40)/t21-,23+/m1/s1. The molecular formula is C28H29Cl3F2N4O4. The molecule has 8 nitrogen and oxygen atoms in total. The number of hydrogen-bond donors (Lipinski definition) is 2. The van der Waals surface area contributed by atoms with Crippen molar-refractivity contribution in [1.82, 2.24) is 14.8 Å². The molecule has 220 valence electrons. The number of hydrogen-bond acceptors (Lipinski definition) is 6. The average molecular weight is 630 g/mol. The second-order valence-corrected chi connectivity index (χ2v) is 11.3. The zero-order valence-electron chi connectivity index (χ0n) is 22.0. The highest BCUT2D eigenvalue weighted by atomic mass is 35.5. The third-order valence-electron chi connectivity index (χ3n) is 7.40. The van der Waals surface area contributed by atoms with E-state index in [1.54, 1.807) is 12.1 Å². The van der Waals surface area contributed by atoms with Gasteiger partial charge in [0.15, 0.2) is 0 Å². The summed E-state index contributed by atoms with van der Waals surface area (Å²) in [7, 11) is 0. The maximum Gasteiger partial charge on any atom is 0.257 e. The Hall–Kier alpha value is -2.47. The van der Waals surface area contributed by atoms with Gasteiger partial charge in [-0.3, -0.25) is 14.5 Å². The fourth-order valence-corrected chi connectivity index (χ4v) is 5.96. The summed E-state index contributed by atoms with van der Waals surface area (Å²) in [5, 5.41) is 12.2. The molecule has 2 N–H and O–H groups in total. The Morgan fingerprint density at radius 2 is 1.85 bits per heavy atom. The number of fused-ring (bicyclic) bond motifs is 1. The number of piperazine rings is 1. The molecule has 3 aromatic rings. The van der Waals surface area contributed by atoms with Gasteiger partial charge in [0.25, 0.3) is 5.91 Å². The van der Waals surface area contributed by atoms with Gasteiger partial charge in [-0.05, 0) is 23.8 Å². The van der Waals surface area contributed by atoms with E-state index in [0.29, 0.717) is 54.9 Å². The van der Waals surface area contributed by atoms with Crippen LogP contribution in [-0.4, -0.2) is 79.2 Å². The molecule has 1 aliphatic heterocycles. The highest BCUT2D eigenvalue weighted by Gasteiger charge is 2.41. The van der Waals surface area contributed by atoms with Crippen LogP contribution in [0.2, 0.25) is 15.1 Å². The summed E-state index contributed by atoms with van der Waals surface area (Å²) in [5.41, 5.74) is -0.00784. The van der Waals surface area contributed by atoms with Crippen LogP contribution in [0.1, 0.15) is 28.4 Å². The number of rotatable bonds is 10. The van der Waals surface area contributed by atoms with Gasteiger partial charge in [-0.15, -0.1) is 0 Å². The molecule has 0 spiro atoms. The van der Waals surface area contributed by atoms with Crippen LogP contribution in [0.25, 0.3) is 10.9 Å². The molecule has 5 rings (SSSR count). The minimum atomic E-state index is -1.18. The van der Waals surface area contributed by atoms with Gasteiger partial charge in [-0.1, -0.05) is 40.9 Å². The predicted octanol–water partition coefficient (Wildman–Crippen LogP) is 4.44. The van der Waals surface area contributed by atoms with Crippen molar-refractivity contribution in [3.8, 4) is 0 Å². The molecule has 41 heavy (non-hydrogen) atoms. The van der Waals surface area contributed by atoms with E-state index in [-0.39, 0.29) is 53.4 Å². The van der Waals surface area contributed by atoms with Gasteiger partial charge in [0.05, 0.1) is 47.5 Å². The van der Waals surface area contributed by atoms with Crippen molar-refractivity contribution >= 4 is 57.3 Å². The molecule has 1 saturated heterocycles. The van der Waals surface area contributed by atoms with Crippen LogP contribution in [0, 0.1) is 5.82 Å². The van der Waals surface area contributed by atoms with Gasteiger partial charge >= 0.3 is 0 Å². The average Bonchev–Trinajstić information content (AvgIpc) is 3.68. The quantitative estimate of drug-likeness (QED) is 0.323. The smallest absolute Gasteiger partial charge is 0.257 e. The number of ether oxygens (including phenoxy) is 1. The van der Waals surface area contributed by atoms with E-state index in [4.69, 9.17) is 44.6 Å². The third kappa shape index (κ3) is 6.48. The molecule has 0 unspecified atom stereocenters. The van der Waals surface area contributed by atoms with E-state index in [1.807, 2.05) is 4.90 Å². The zero-order valence-corrected chi connectivity index (χ0v) is 24.3. The van der Waals surface area contributed by atoms with Gasteiger partial charge in [0.2, 0.25) is 5.43 Å². The Balaban J connectivity index is 1.43. The Morgan fingerprint density at radius 1 is 1.12 bits per heavy atom. The van der Waals surface area contributed by atoms with Gasteiger partial charge in [-0.25, -0.2) is 8.78 Å². The van der Waals surface area contributed by atoms with Crippen LogP contribution in [0.5, 0.6) is 0 Å². The highest BCUT2D eigenvalue weighted by molar-refractivity contribution is 6.38. The number of alkyl halides is 1. The summed E-state index contributed by atoms with van der Waals surface area (Å²) in [5.74, 6) is -1.39. The molecule has 0 radical (unpaired) electrons. The first-order valence-electron chi connectivity index (χ1n) is 13.3. The summed E-state index contributed by atoms with van der Waals surface area (Å²) in [4.78, 5) is 30.6. The van der Waals surface area contributed by atoms with Crippen molar-refractivity contribution in [3.05, 3.63) is 72.7 Å². The maximum absolute atomic E-state index is 15.6. The minimum Gasteiger partial charge on any atom is -0.394 e. The third-order valence-corrected chi connectivity index (χ3v) is 8.34.